The normalized spacial score (nSPS) is 15.6. The van der Waals surface area contributed by atoms with Crippen LogP contribution in [-0.2, 0) is 4.79 Å². The molecule has 0 radical (unpaired) electrons. The maximum Gasteiger partial charge on any atom is 0.263 e. The molecule has 2 aromatic heterocycles. The van der Waals surface area contributed by atoms with Crippen LogP contribution in [0.15, 0.2) is 57.7 Å². The topological polar surface area (TPSA) is 81.6 Å². The quantitative estimate of drug-likeness (QED) is 0.711. The van der Waals surface area contributed by atoms with Crippen molar-refractivity contribution in [3.8, 4) is 17.3 Å². The van der Waals surface area contributed by atoms with Gasteiger partial charge in [-0.2, -0.15) is 4.98 Å². The summed E-state index contributed by atoms with van der Waals surface area (Å²) < 4.78 is 16.2. The number of nitrogens with zero attached hydrogens (tertiary/aromatic N) is 3. The van der Waals surface area contributed by atoms with Gasteiger partial charge >= 0.3 is 0 Å². The van der Waals surface area contributed by atoms with E-state index in [2.05, 4.69) is 10.1 Å². The molecule has 1 aromatic carbocycles. The van der Waals surface area contributed by atoms with E-state index in [0.29, 0.717) is 36.3 Å². The van der Waals surface area contributed by atoms with Gasteiger partial charge in [-0.25, -0.2) is 0 Å². The van der Waals surface area contributed by atoms with Gasteiger partial charge in [-0.05, 0) is 31.2 Å². The van der Waals surface area contributed by atoms with Crippen molar-refractivity contribution < 1.29 is 18.5 Å². The summed E-state index contributed by atoms with van der Waals surface area (Å²) in [5.41, 5.74) is 0. The molecule has 25 heavy (non-hydrogen) atoms. The van der Waals surface area contributed by atoms with Gasteiger partial charge in [0, 0.05) is 13.1 Å². The lowest BCUT2D eigenvalue weighted by atomic mass is 9.99. The molecule has 0 N–H and O–H groups in total. The molecule has 128 valence electrons. The van der Waals surface area contributed by atoms with E-state index in [4.69, 9.17) is 13.7 Å². The summed E-state index contributed by atoms with van der Waals surface area (Å²) in [5, 5.41) is 3.91. The van der Waals surface area contributed by atoms with Crippen LogP contribution >= 0.6 is 0 Å². The van der Waals surface area contributed by atoms with Gasteiger partial charge in [-0.15, -0.1) is 0 Å². The van der Waals surface area contributed by atoms with E-state index in [1.54, 1.807) is 30.2 Å². The minimum atomic E-state index is -0.537. The van der Waals surface area contributed by atoms with Crippen molar-refractivity contribution in [3.05, 3.63) is 54.6 Å². The Morgan fingerprint density at radius 2 is 2.04 bits per heavy atom. The lowest BCUT2D eigenvalue weighted by Gasteiger charge is -2.38. The lowest BCUT2D eigenvalue weighted by Crippen LogP contribution is -2.52. The first-order valence-electron chi connectivity index (χ1n) is 8.08. The number of carbonyl (C=O) groups is 1. The average Bonchev–Trinajstić information content (AvgIpc) is 3.25. The molecular formula is C18H17N3O4. The number of aromatic nitrogens is 2. The number of hydrogen-bond donors (Lipinski definition) is 0. The molecule has 1 fully saturated rings. The zero-order valence-corrected chi connectivity index (χ0v) is 13.7. The predicted molar refractivity (Wildman–Crippen MR) is 87.9 cm³/mol. The van der Waals surface area contributed by atoms with Gasteiger partial charge in [0.15, 0.2) is 11.9 Å². The highest BCUT2D eigenvalue weighted by Crippen LogP contribution is 2.28. The van der Waals surface area contributed by atoms with Crippen LogP contribution in [0.5, 0.6) is 5.75 Å². The number of ether oxygens (including phenoxy) is 1. The van der Waals surface area contributed by atoms with Crippen molar-refractivity contribution >= 4 is 5.91 Å². The second kappa shape index (κ2) is 6.43. The summed E-state index contributed by atoms with van der Waals surface area (Å²) in [5.74, 6) is 2.18. The minimum absolute atomic E-state index is 0.0455. The molecule has 0 saturated carbocycles. The number of rotatable bonds is 5. The number of para-hydroxylation sites is 1. The zero-order chi connectivity index (χ0) is 17.2. The first kappa shape index (κ1) is 15.4. The third-order valence-electron chi connectivity index (χ3n) is 4.13. The summed E-state index contributed by atoms with van der Waals surface area (Å²) in [6.45, 7) is 2.84. The fraction of sp³-hybridized carbons (Fsp3) is 0.278. The lowest BCUT2D eigenvalue weighted by molar-refractivity contribution is -0.142. The molecule has 7 heteroatoms. The van der Waals surface area contributed by atoms with Crippen LogP contribution in [0, 0.1) is 0 Å². The fourth-order valence-corrected chi connectivity index (χ4v) is 2.73. The van der Waals surface area contributed by atoms with Crippen molar-refractivity contribution in [2.45, 2.75) is 18.9 Å². The van der Waals surface area contributed by atoms with Crippen LogP contribution in [0.3, 0.4) is 0 Å². The van der Waals surface area contributed by atoms with Gasteiger partial charge in [0.1, 0.15) is 5.75 Å². The van der Waals surface area contributed by atoms with Crippen molar-refractivity contribution in [3.63, 3.8) is 0 Å². The van der Waals surface area contributed by atoms with Gasteiger partial charge in [0.2, 0.25) is 11.7 Å². The molecule has 7 nitrogen and oxygen atoms in total. The third kappa shape index (κ3) is 3.13. The van der Waals surface area contributed by atoms with E-state index in [1.165, 1.54) is 0 Å². The molecule has 0 spiro atoms. The number of hydrogen-bond acceptors (Lipinski definition) is 6. The number of likely N-dealkylation sites (tertiary alicyclic amines) is 1. The van der Waals surface area contributed by atoms with Gasteiger partial charge in [0.05, 0.1) is 12.2 Å². The Morgan fingerprint density at radius 3 is 2.76 bits per heavy atom. The molecule has 0 bridgehead atoms. The molecule has 1 saturated heterocycles. The van der Waals surface area contributed by atoms with Gasteiger partial charge < -0.3 is 18.6 Å². The minimum Gasteiger partial charge on any atom is -0.481 e. The summed E-state index contributed by atoms with van der Waals surface area (Å²) >= 11 is 0. The smallest absolute Gasteiger partial charge is 0.263 e. The highest BCUT2D eigenvalue weighted by atomic mass is 16.5. The first-order valence-corrected chi connectivity index (χ1v) is 8.08. The van der Waals surface area contributed by atoms with Crippen molar-refractivity contribution in [2.75, 3.05) is 13.1 Å². The summed E-state index contributed by atoms with van der Waals surface area (Å²) in [4.78, 5) is 18.5. The Bertz CT molecular complexity index is 838. The maximum absolute atomic E-state index is 12.4. The Balaban J connectivity index is 1.33. The largest absolute Gasteiger partial charge is 0.481 e. The standard InChI is InChI=1S/C18H17N3O4/c1-12(24-14-6-3-2-4-7-14)18(22)21-10-13(11-21)17-19-16(20-25-17)15-8-5-9-23-15/h2-9,12-13H,10-11H2,1H3/t12-/m0/s1. The molecule has 3 heterocycles. The first-order chi connectivity index (χ1) is 12.2. The molecule has 1 aliphatic rings. The highest BCUT2D eigenvalue weighted by molar-refractivity contribution is 5.81. The number of carbonyl (C=O) groups excluding carboxylic acids is 1. The van der Waals surface area contributed by atoms with E-state index in [9.17, 15) is 4.79 Å². The van der Waals surface area contributed by atoms with Gasteiger partial charge in [-0.1, -0.05) is 23.4 Å². The number of benzene rings is 1. The van der Waals surface area contributed by atoms with E-state index in [1.807, 2.05) is 30.3 Å². The average molecular weight is 339 g/mol. The van der Waals surface area contributed by atoms with Gasteiger partial charge in [0.25, 0.3) is 5.91 Å². The molecule has 1 amide bonds. The number of furan rings is 1. The molecule has 1 atom stereocenters. The SMILES string of the molecule is C[C@H](Oc1ccccc1)C(=O)N1CC(c2nc(-c3ccco3)no2)C1. The van der Waals surface area contributed by atoms with Crippen LogP contribution in [0.25, 0.3) is 11.6 Å². The van der Waals surface area contributed by atoms with Crippen LogP contribution < -0.4 is 4.74 Å². The second-order valence-electron chi connectivity index (χ2n) is 5.95. The third-order valence-corrected chi connectivity index (χ3v) is 4.13. The fourth-order valence-electron chi connectivity index (χ4n) is 2.73. The Kier molecular flexibility index (Phi) is 3.97. The predicted octanol–water partition coefficient (Wildman–Crippen LogP) is 2.72. The van der Waals surface area contributed by atoms with E-state index >= 15 is 0 Å². The van der Waals surface area contributed by atoms with Crippen molar-refractivity contribution in [1.29, 1.82) is 0 Å². The van der Waals surface area contributed by atoms with E-state index < -0.39 is 6.10 Å². The molecule has 0 unspecified atom stereocenters. The Morgan fingerprint density at radius 1 is 1.24 bits per heavy atom. The molecule has 3 aromatic rings. The van der Waals surface area contributed by atoms with Crippen LogP contribution in [0.4, 0.5) is 0 Å². The van der Waals surface area contributed by atoms with Crippen molar-refractivity contribution in [2.24, 2.45) is 0 Å². The molecule has 0 aliphatic carbocycles. The van der Waals surface area contributed by atoms with Gasteiger partial charge in [-0.3, -0.25) is 4.79 Å². The molecule has 1 aliphatic heterocycles. The van der Waals surface area contributed by atoms with E-state index in [0.717, 1.165) is 0 Å². The Labute approximate surface area is 144 Å². The second-order valence-corrected chi connectivity index (χ2v) is 5.95. The van der Waals surface area contributed by atoms with Crippen LogP contribution in [-0.4, -0.2) is 40.1 Å². The molecule has 4 rings (SSSR count). The monoisotopic (exact) mass is 339 g/mol. The zero-order valence-electron chi connectivity index (χ0n) is 13.7. The van der Waals surface area contributed by atoms with Crippen molar-refractivity contribution in [1.82, 2.24) is 15.0 Å². The van der Waals surface area contributed by atoms with E-state index in [-0.39, 0.29) is 11.8 Å². The summed E-state index contributed by atoms with van der Waals surface area (Å²) in [6.07, 6.45) is 1.02. The summed E-state index contributed by atoms with van der Waals surface area (Å²) in [6, 6.07) is 12.9. The Hall–Kier alpha value is -3.09. The van der Waals surface area contributed by atoms with Crippen LogP contribution in [0.2, 0.25) is 0 Å². The summed E-state index contributed by atoms with van der Waals surface area (Å²) in [7, 11) is 0. The molecular weight excluding hydrogens is 322 g/mol. The number of amides is 1. The highest BCUT2D eigenvalue weighted by Gasteiger charge is 2.38. The van der Waals surface area contributed by atoms with Crippen LogP contribution in [0.1, 0.15) is 18.7 Å². The maximum atomic E-state index is 12.4.